The predicted octanol–water partition coefficient (Wildman–Crippen LogP) is 3.15. The van der Waals surface area contributed by atoms with Crippen LogP contribution in [0.15, 0.2) is 29.3 Å². The Bertz CT molecular complexity index is 548. The molecular formula is C21H36N4O. The van der Waals surface area contributed by atoms with Gasteiger partial charge in [-0.2, -0.15) is 0 Å². The monoisotopic (exact) mass is 360 g/mol. The Morgan fingerprint density at radius 2 is 1.73 bits per heavy atom. The van der Waals surface area contributed by atoms with Crippen molar-refractivity contribution in [3.63, 3.8) is 0 Å². The van der Waals surface area contributed by atoms with Crippen molar-refractivity contribution >= 4 is 5.96 Å². The van der Waals surface area contributed by atoms with Crippen molar-refractivity contribution in [2.75, 3.05) is 33.3 Å². The van der Waals surface area contributed by atoms with E-state index in [-0.39, 0.29) is 5.60 Å². The highest BCUT2D eigenvalue weighted by atomic mass is 16.5. The molecule has 2 rings (SSSR count). The van der Waals surface area contributed by atoms with Crippen molar-refractivity contribution in [3.8, 4) is 0 Å². The highest BCUT2D eigenvalue weighted by Crippen LogP contribution is 2.14. The largest absolute Gasteiger partial charge is 0.377 e. The van der Waals surface area contributed by atoms with Crippen LogP contribution >= 0.6 is 0 Å². The van der Waals surface area contributed by atoms with Crippen LogP contribution in [0.5, 0.6) is 0 Å². The highest BCUT2D eigenvalue weighted by molar-refractivity contribution is 5.79. The summed E-state index contributed by atoms with van der Waals surface area (Å²) in [7, 11) is 1.73. The molecule has 5 nitrogen and oxygen atoms in total. The number of nitrogens with zero attached hydrogens (tertiary/aromatic N) is 2. The lowest BCUT2D eigenvalue weighted by atomic mass is 10.1. The Hall–Kier alpha value is -1.59. The van der Waals surface area contributed by atoms with Gasteiger partial charge in [0.05, 0.1) is 12.1 Å². The maximum Gasteiger partial charge on any atom is 0.191 e. The summed E-state index contributed by atoms with van der Waals surface area (Å²) < 4.78 is 5.46. The molecule has 146 valence electrons. The van der Waals surface area contributed by atoms with Gasteiger partial charge in [-0.05, 0) is 57.8 Å². The molecule has 0 aromatic heterocycles. The number of hydrogen-bond donors (Lipinski definition) is 2. The molecule has 1 aliphatic rings. The molecule has 0 atom stereocenters. The first-order chi connectivity index (χ1) is 12.5. The zero-order chi connectivity index (χ0) is 18.8. The lowest BCUT2D eigenvalue weighted by molar-refractivity contribution is 0.0268. The third-order valence-electron chi connectivity index (χ3n) is 4.88. The third kappa shape index (κ3) is 7.34. The van der Waals surface area contributed by atoms with Gasteiger partial charge in [0.1, 0.15) is 0 Å². The third-order valence-corrected chi connectivity index (χ3v) is 4.88. The second kappa shape index (κ2) is 10.5. The number of piperidine rings is 1. The van der Waals surface area contributed by atoms with Crippen molar-refractivity contribution in [2.45, 2.75) is 58.7 Å². The predicted molar refractivity (Wildman–Crippen MR) is 109 cm³/mol. The molecule has 1 saturated heterocycles. The van der Waals surface area contributed by atoms with E-state index in [0.717, 1.165) is 19.0 Å². The van der Waals surface area contributed by atoms with Gasteiger partial charge in [-0.3, -0.25) is 4.90 Å². The number of nitrogens with one attached hydrogen (secondary N) is 2. The molecule has 1 fully saturated rings. The maximum absolute atomic E-state index is 5.46. The van der Waals surface area contributed by atoms with Crippen molar-refractivity contribution < 1.29 is 4.74 Å². The van der Waals surface area contributed by atoms with Gasteiger partial charge in [0.25, 0.3) is 0 Å². The summed E-state index contributed by atoms with van der Waals surface area (Å²) in [6.07, 6.45) is 4.07. The van der Waals surface area contributed by atoms with Gasteiger partial charge in [-0.1, -0.05) is 30.7 Å². The summed E-state index contributed by atoms with van der Waals surface area (Å²) in [5.74, 6) is 0.829. The molecule has 0 saturated carbocycles. The lowest BCUT2D eigenvalue weighted by Crippen LogP contribution is -2.45. The van der Waals surface area contributed by atoms with Crippen LogP contribution in [-0.2, 0) is 17.8 Å². The van der Waals surface area contributed by atoms with E-state index in [1.54, 1.807) is 7.11 Å². The van der Waals surface area contributed by atoms with Gasteiger partial charge in [-0.25, -0.2) is 4.99 Å². The Balaban J connectivity index is 1.87. The fraction of sp³-hybridized carbons (Fsp3) is 0.667. The van der Waals surface area contributed by atoms with Gasteiger partial charge in [0.2, 0.25) is 0 Å². The van der Waals surface area contributed by atoms with Crippen molar-refractivity contribution in [1.82, 2.24) is 15.5 Å². The van der Waals surface area contributed by atoms with Crippen molar-refractivity contribution in [3.05, 3.63) is 35.4 Å². The summed E-state index contributed by atoms with van der Waals surface area (Å²) in [6, 6.07) is 8.89. The lowest BCUT2D eigenvalue weighted by Gasteiger charge is -2.26. The van der Waals surface area contributed by atoms with Crippen LogP contribution in [0.25, 0.3) is 0 Å². The van der Waals surface area contributed by atoms with Crippen LogP contribution in [-0.4, -0.2) is 49.7 Å². The summed E-state index contributed by atoms with van der Waals surface area (Å²) in [6.45, 7) is 12.0. The molecule has 1 aromatic carbocycles. The molecule has 0 amide bonds. The molecule has 0 bridgehead atoms. The molecule has 1 aliphatic heterocycles. The zero-order valence-electron chi connectivity index (χ0n) is 17.0. The van der Waals surface area contributed by atoms with Gasteiger partial charge < -0.3 is 15.4 Å². The SMILES string of the molecule is CCNC(=NCc1ccc(CN2CCCCC2)cc1)NCC(C)(C)OC. The van der Waals surface area contributed by atoms with Crippen LogP contribution in [0.4, 0.5) is 0 Å². The maximum atomic E-state index is 5.46. The molecule has 26 heavy (non-hydrogen) atoms. The first-order valence-electron chi connectivity index (χ1n) is 9.90. The van der Waals surface area contributed by atoms with E-state index >= 15 is 0 Å². The Kier molecular flexibility index (Phi) is 8.39. The van der Waals surface area contributed by atoms with Gasteiger partial charge in [0.15, 0.2) is 5.96 Å². The summed E-state index contributed by atoms with van der Waals surface area (Å²) in [5.41, 5.74) is 2.41. The van der Waals surface area contributed by atoms with E-state index in [0.29, 0.717) is 13.1 Å². The Morgan fingerprint density at radius 1 is 1.08 bits per heavy atom. The van der Waals surface area contributed by atoms with Gasteiger partial charge in [0, 0.05) is 26.7 Å². The fourth-order valence-corrected chi connectivity index (χ4v) is 3.01. The van der Waals surface area contributed by atoms with E-state index in [4.69, 9.17) is 9.73 Å². The molecule has 1 heterocycles. The molecule has 0 unspecified atom stereocenters. The number of hydrogen-bond acceptors (Lipinski definition) is 3. The normalized spacial score (nSPS) is 16.5. The quantitative estimate of drug-likeness (QED) is 0.552. The second-order valence-electron chi connectivity index (χ2n) is 7.67. The molecular weight excluding hydrogens is 324 g/mol. The molecule has 0 spiro atoms. The number of benzene rings is 1. The van der Waals surface area contributed by atoms with Crippen molar-refractivity contribution in [1.29, 1.82) is 0 Å². The van der Waals surface area contributed by atoms with Crippen LogP contribution < -0.4 is 10.6 Å². The first kappa shape index (κ1) is 20.7. The zero-order valence-corrected chi connectivity index (χ0v) is 17.0. The molecule has 1 aromatic rings. The van der Waals surface area contributed by atoms with Crippen LogP contribution in [0.3, 0.4) is 0 Å². The van der Waals surface area contributed by atoms with E-state index < -0.39 is 0 Å². The van der Waals surface area contributed by atoms with E-state index in [1.807, 2.05) is 0 Å². The standard InChI is InChI=1S/C21H36N4O/c1-5-22-20(24-17-21(2,3)26-4)23-15-18-9-11-19(12-10-18)16-25-13-7-6-8-14-25/h9-12H,5-8,13-17H2,1-4H3,(H2,22,23,24). The minimum atomic E-state index is -0.216. The molecule has 0 aliphatic carbocycles. The summed E-state index contributed by atoms with van der Waals surface area (Å²) in [4.78, 5) is 7.25. The van der Waals surface area contributed by atoms with E-state index in [2.05, 4.69) is 60.6 Å². The summed E-state index contributed by atoms with van der Waals surface area (Å²) in [5, 5.41) is 6.65. The topological polar surface area (TPSA) is 48.9 Å². The van der Waals surface area contributed by atoms with Crippen LogP contribution in [0.2, 0.25) is 0 Å². The van der Waals surface area contributed by atoms with Gasteiger partial charge in [-0.15, -0.1) is 0 Å². The average Bonchev–Trinajstić information content (AvgIpc) is 2.66. The summed E-state index contributed by atoms with van der Waals surface area (Å²) >= 11 is 0. The number of guanidine groups is 1. The Morgan fingerprint density at radius 3 is 2.35 bits per heavy atom. The number of methoxy groups -OCH3 is 1. The van der Waals surface area contributed by atoms with Crippen LogP contribution in [0, 0.1) is 0 Å². The number of ether oxygens (including phenoxy) is 1. The van der Waals surface area contributed by atoms with Gasteiger partial charge >= 0.3 is 0 Å². The average molecular weight is 361 g/mol. The fourth-order valence-electron chi connectivity index (χ4n) is 3.01. The first-order valence-corrected chi connectivity index (χ1v) is 9.90. The molecule has 0 radical (unpaired) electrons. The number of likely N-dealkylation sites (tertiary alicyclic amines) is 1. The minimum absolute atomic E-state index is 0.216. The van der Waals surface area contributed by atoms with Crippen molar-refractivity contribution in [2.24, 2.45) is 4.99 Å². The second-order valence-corrected chi connectivity index (χ2v) is 7.67. The van der Waals surface area contributed by atoms with E-state index in [9.17, 15) is 0 Å². The highest BCUT2D eigenvalue weighted by Gasteiger charge is 2.16. The van der Waals surface area contributed by atoms with E-state index in [1.165, 1.54) is 43.5 Å². The smallest absolute Gasteiger partial charge is 0.191 e. The number of aliphatic imine (C=N–C) groups is 1. The minimum Gasteiger partial charge on any atom is -0.377 e. The molecule has 2 N–H and O–H groups in total. The van der Waals surface area contributed by atoms with Crippen LogP contribution in [0.1, 0.15) is 51.2 Å². The number of rotatable bonds is 8. The molecule has 5 heteroatoms. The Labute approximate surface area is 159 Å².